The van der Waals surface area contributed by atoms with Crippen molar-refractivity contribution in [2.75, 3.05) is 0 Å². The van der Waals surface area contributed by atoms with Crippen LogP contribution in [0, 0.1) is 0 Å². The minimum absolute atomic E-state index is 0.347. The van der Waals surface area contributed by atoms with E-state index in [0.717, 1.165) is 5.56 Å². The number of hydrogen-bond donors (Lipinski definition) is 2. The second kappa shape index (κ2) is 8.97. The summed E-state index contributed by atoms with van der Waals surface area (Å²) in [5, 5.41) is 5.50. The average molecular weight is 475 g/mol. The number of carbonyl (C=O) groups is 1. The smallest absolute Gasteiger partial charge is 0.248 e. The molecule has 9 heteroatoms. The molecule has 0 aliphatic carbocycles. The Kier molecular flexibility index (Phi) is 6.84. The first-order valence-corrected chi connectivity index (χ1v) is 10.6. The van der Waals surface area contributed by atoms with E-state index in [1.165, 1.54) is 11.8 Å². The van der Waals surface area contributed by atoms with Gasteiger partial charge in [-0.25, -0.2) is 4.99 Å². The van der Waals surface area contributed by atoms with Gasteiger partial charge in [0, 0.05) is 17.0 Å². The Balaban J connectivity index is 1.91. The Morgan fingerprint density at radius 2 is 1.89 bits per heavy atom. The van der Waals surface area contributed by atoms with E-state index in [0.29, 0.717) is 47.8 Å². The van der Waals surface area contributed by atoms with Crippen LogP contribution in [0.4, 0.5) is 0 Å². The number of rotatable bonds is 4. The molecule has 0 saturated carbocycles. The molecule has 0 unspecified atom stereocenters. The van der Waals surface area contributed by atoms with Crippen molar-refractivity contribution in [1.82, 2.24) is 5.32 Å². The number of allylic oxidation sites excluding steroid dienone is 1. The van der Waals surface area contributed by atoms with Crippen LogP contribution >= 0.6 is 58.2 Å². The number of primary amides is 1. The SMILES string of the molecule is CC1=C(C(N)=O)[C@H](c2cccc(Cl)c2Cl)N=C(SCc2ccc(Cl)c(Cl)c2)N1. The summed E-state index contributed by atoms with van der Waals surface area (Å²) in [4.78, 5) is 16.7. The predicted molar refractivity (Wildman–Crippen MR) is 119 cm³/mol. The highest BCUT2D eigenvalue weighted by Gasteiger charge is 2.29. The molecule has 2 aromatic rings. The molecule has 1 aliphatic rings. The van der Waals surface area contributed by atoms with E-state index in [1.807, 2.05) is 12.1 Å². The monoisotopic (exact) mass is 473 g/mol. The Hall–Kier alpha value is -1.37. The fourth-order valence-corrected chi connectivity index (χ4v) is 4.40. The molecule has 0 aromatic heterocycles. The third kappa shape index (κ3) is 4.61. The van der Waals surface area contributed by atoms with Gasteiger partial charge in [-0.3, -0.25) is 4.79 Å². The van der Waals surface area contributed by atoms with Crippen molar-refractivity contribution in [2.24, 2.45) is 10.7 Å². The molecule has 0 spiro atoms. The summed E-state index contributed by atoms with van der Waals surface area (Å²) in [6.07, 6.45) is 0. The molecule has 3 rings (SSSR count). The number of aliphatic imine (C=N–C) groups is 1. The number of nitrogens with one attached hydrogen (secondary N) is 1. The minimum atomic E-state index is -0.638. The van der Waals surface area contributed by atoms with Crippen molar-refractivity contribution in [3.63, 3.8) is 0 Å². The number of benzene rings is 2. The molecule has 28 heavy (non-hydrogen) atoms. The molecule has 0 saturated heterocycles. The normalized spacial score (nSPS) is 16.6. The standard InChI is InChI=1S/C19H15Cl4N3OS/c1-9-15(18(24)27)17(11-3-2-4-13(21)16(11)23)26-19(25-9)28-8-10-5-6-12(20)14(22)7-10/h2-7,17H,8H2,1H3,(H2,24,27)(H,25,26)/t17-/m0/s1. The van der Waals surface area contributed by atoms with Crippen LogP contribution in [0.25, 0.3) is 0 Å². The Bertz CT molecular complexity index is 1010. The van der Waals surface area contributed by atoms with Crippen LogP contribution in [0.5, 0.6) is 0 Å². The van der Waals surface area contributed by atoms with Gasteiger partial charge in [-0.05, 0) is 30.7 Å². The number of amides is 1. The maximum atomic E-state index is 12.0. The molecule has 146 valence electrons. The topological polar surface area (TPSA) is 67.5 Å². The number of carbonyl (C=O) groups excluding carboxylic acids is 1. The molecule has 1 amide bonds. The second-order valence-corrected chi connectivity index (χ2v) is 8.61. The number of hydrogen-bond acceptors (Lipinski definition) is 4. The summed E-state index contributed by atoms with van der Waals surface area (Å²) in [5.74, 6) is 0.0427. The lowest BCUT2D eigenvalue weighted by Crippen LogP contribution is -2.32. The van der Waals surface area contributed by atoms with E-state index >= 15 is 0 Å². The second-order valence-electron chi connectivity index (χ2n) is 6.04. The number of nitrogens with zero attached hydrogens (tertiary/aromatic N) is 1. The minimum Gasteiger partial charge on any atom is -0.366 e. The maximum Gasteiger partial charge on any atom is 0.248 e. The summed E-state index contributed by atoms with van der Waals surface area (Å²) in [5.41, 5.74) is 8.18. The van der Waals surface area contributed by atoms with Crippen LogP contribution in [0.3, 0.4) is 0 Å². The van der Waals surface area contributed by atoms with Gasteiger partial charge in [0.15, 0.2) is 5.17 Å². The van der Waals surface area contributed by atoms with E-state index < -0.39 is 11.9 Å². The number of thioether (sulfide) groups is 1. The maximum absolute atomic E-state index is 12.0. The molecule has 1 atom stereocenters. The van der Waals surface area contributed by atoms with Crippen LogP contribution < -0.4 is 11.1 Å². The molecular weight excluding hydrogens is 460 g/mol. The molecule has 3 N–H and O–H groups in total. The molecule has 0 radical (unpaired) electrons. The van der Waals surface area contributed by atoms with E-state index in [-0.39, 0.29) is 0 Å². The van der Waals surface area contributed by atoms with Crippen molar-refractivity contribution in [1.29, 1.82) is 0 Å². The van der Waals surface area contributed by atoms with Crippen molar-refractivity contribution in [2.45, 2.75) is 18.7 Å². The first-order valence-electron chi connectivity index (χ1n) is 8.14. The van der Waals surface area contributed by atoms with E-state index in [4.69, 9.17) is 52.1 Å². The molecule has 2 aromatic carbocycles. The molecule has 4 nitrogen and oxygen atoms in total. The van der Waals surface area contributed by atoms with Crippen molar-refractivity contribution >= 4 is 69.2 Å². The fraction of sp³-hybridized carbons (Fsp3) is 0.158. The quantitative estimate of drug-likeness (QED) is 0.571. The number of halogens is 4. The summed E-state index contributed by atoms with van der Waals surface area (Å²) < 4.78 is 0. The summed E-state index contributed by atoms with van der Waals surface area (Å²) in [6.45, 7) is 1.78. The van der Waals surface area contributed by atoms with E-state index in [2.05, 4.69) is 10.3 Å². The lowest BCUT2D eigenvalue weighted by atomic mass is 9.96. The summed E-state index contributed by atoms with van der Waals surface area (Å²) in [7, 11) is 0. The van der Waals surface area contributed by atoms with Crippen LogP contribution in [0.1, 0.15) is 24.1 Å². The Morgan fingerprint density at radius 1 is 1.14 bits per heavy atom. The molecule has 1 aliphatic heterocycles. The molecule has 1 heterocycles. The first kappa shape index (κ1) is 21.3. The number of amidine groups is 1. The van der Waals surface area contributed by atoms with Gasteiger partial charge in [0.1, 0.15) is 6.04 Å². The third-order valence-corrected chi connectivity index (χ3v) is 6.65. The van der Waals surface area contributed by atoms with Gasteiger partial charge in [-0.15, -0.1) is 0 Å². The van der Waals surface area contributed by atoms with Crippen molar-refractivity contribution < 1.29 is 4.79 Å². The van der Waals surface area contributed by atoms with Crippen LogP contribution in [-0.4, -0.2) is 11.1 Å². The fourth-order valence-electron chi connectivity index (χ4n) is 2.78. The van der Waals surface area contributed by atoms with Gasteiger partial charge in [-0.2, -0.15) is 0 Å². The highest BCUT2D eigenvalue weighted by molar-refractivity contribution is 8.13. The van der Waals surface area contributed by atoms with Gasteiger partial charge in [-0.1, -0.05) is 76.4 Å². The summed E-state index contributed by atoms with van der Waals surface area (Å²) >= 11 is 26.0. The van der Waals surface area contributed by atoms with Gasteiger partial charge in [0.2, 0.25) is 5.91 Å². The van der Waals surface area contributed by atoms with Crippen LogP contribution in [-0.2, 0) is 10.5 Å². The lowest BCUT2D eigenvalue weighted by Gasteiger charge is -2.26. The van der Waals surface area contributed by atoms with Gasteiger partial charge in [0.05, 0.1) is 25.7 Å². The predicted octanol–water partition coefficient (Wildman–Crippen LogP) is 5.99. The highest BCUT2D eigenvalue weighted by atomic mass is 35.5. The zero-order valence-corrected chi connectivity index (χ0v) is 18.4. The average Bonchev–Trinajstić information content (AvgIpc) is 2.64. The third-order valence-electron chi connectivity index (χ3n) is 4.12. The van der Waals surface area contributed by atoms with E-state index in [1.54, 1.807) is 31.2 Å². The summed E-state index contributed by atoms with van der Waals surface area (Å²) in [6, 6.07) is 10.0. The van der Waals surface area contributed by atoms with Gasteiger partial charge < -0.3 is 11.1 Å². The van der Waals surface area contributed by atoms with Crippen molar-refractivity contribution in [3.05, 3.63) is 78.9 Å². The lowest BCUT2D eigenvalue weighted by molar-refractivity contribution is -0.114. The first-order chi connectivity index (χ1) is 13.3. The largest absolute Gasteiger partial charge is 0.366 e. The zero-order chi connectivity index (χ0) is 20.4. The zero-order valence-electron chi connectivity index (χ0n) is 14.6. The molecule has 0 fully saturated rings. The molecule has 0 bridgehead atoms. The van der Waals surface area contributed by atoms with Gasteiger partial charge in [0.25, 0.3) is 0 Å². The van der Waals surface area contributed by atoms with Crippen LogP contribution in [0.2, 0.25) is 20.1 Å². The Morgan fingerprint density at radius 3 is 2.57 bits per heavy atom. The highest BCUT2D eigenvalue weighted by Crippen LogP contribution is 2.38. The van der Waals surface area contributed by atoms with E-state index in [9.17, 15) is 4.79 Å². The van der Waals surface area contributed by atoms with Gasteiger partial charge >= 0.3 is 0 Å². The van der Waals surface area contributed by atoms with Crippen molar-refractivity contribution in [3.8, 4) is 0 Å². The van der Waals surface area contributed by atoms with Crippen LogP contribution in [0.15, 0.2) is 52.7 Å². The molecular formula is C19H15Cl4N3OS. The number of nitrogens with two attached hydrogens (primary N) is 1. The Labute approximate surface area is 187 Å².